The Morgan fingerprint density at radius 2 is 2.00 bits per heavy atom. The van der Waals surface area contributed by atoms with Gasteiger partial charge in [-0.05, 0) is 49.1 Å². The van der Waals surface area contributed by atoms with Gasteiger partial charge in [0.25, 0.3) is 5.91 Å². The largest absolute Gasteiger partial charge is 0.497 e. The minimum Gasteiger partial charge on any atom is -0.497 e. The summed E-state index contributed by atoms with van der Waals surface area (Å²) in [7, 11) is 1.59. The zero-order valence-electron chi connectivity index (χ0n) is 15.5. The molecular weight excluding hydrogens is 345 g/mol. The molecule has 0 radical (unpaired) electrons. The number of carbonyl (C=O) groups excluding carboxylic acids is 1. The maximum absolute atomic E-state index is 14.3. The first-order valence-corrected chi connectivity index (χ1v) is 9.40. The van der Waals surface area contributed by atoms with Crippen molar-refractivity contribution in [1.82, 2.24) is 14.8 Å². The van der Waals surface area contributed by atoms with Crippen LogP contribution in [-0.2, 0) is 6.54 Å². The highest BCUT2D eigenvalue weighted by Crippen LogP contribution is 2.31. The van der Waals surface area contributed by atoms with Crippen molar-refractivity contribution >= 4 is 5.91 Å². The summed E-state index contributed by atoms with van der Waals surface area (Å²) in [5, 5.41) is 0. The molecule has 1 aromatic carbocycles. The Hall–Kier alpha value is -2.47. The van der Waals surface area contributed by atoms with Crippen LogP contribution in [0.4, 0.5) is 4.39 Å². The van der Waals surface area contributed by atoms with E-state index in [2.05, 4.69) is 9.88 Å². The maximum Gasteiger partial charge on any atom is 0.254 e. The van der Waals surface area contributed by atoms with E-state index < -0.39 is 0 Å². The van der Waals surface area contributed by atoms with Gasteiger partial charge < -0.3 is 9.64 Å². The van der Waals surface area contributed by atoms with Crippen LogP contribution in [0, 0.1) is 11.7 Å². The zero-order chi connectivity index (χ0) is 18.8. The molecule has 4 heterocycles. The van der Waals surface area contributed by atoms with Crippen LogP contribution in [0.25, 0.3) is 0 Å². The Morgan fingerprint density at radius 3 is 2.78 bits per heavy atom. The zero-order valence-corrected chi connectivity index (χ0v) is 15.5. The van der Waals surface area contributed by atoms with E-state index in [9.17, 15) is 9.18 Å². The molecule has 0 unspecified atom stereocenters. The number of ether oxygens (including phenoxy) is 1. The predicted molar refractivity (Wildman–Crippen MR) is 100 cm³/mol. The first-order valence-electron chi connectivity index (χ1n) is 9.40. The van der Waals surface area contributed by atoms with E-state index in [-0.39, 0.29) is 17.8 Å². The number of benzene rings is 1. The van der Waals surface area contributed by atoms with Crippen molar-refractivity contribution in [3.05, 3.63) is 59.7 Å². The molecule has 142 valence electrons. The fraction of sp³-hybridized carbons (Fsp3) is 0.429. The number of hydrogen-bond donors (Lipinski definition) is 0. The summed E-state index contributed by atoms with van der Waals surface area (Å²) in [6, 6.07) is 8.65. The number of carbonyl (C=O) groups is 1. The molecular formula is C21H24FN3O2. The molecule has 2 atom stereocenters. The van der Waals surface area contributed by atoms with Crippen molar-refractivity contribution in [2.45, 2.75) is 25.4 Å². The van der Waals surface area contributed by atoms with Gasteiger partial charge in [-0.1, -0.05) is 0 Å². The average Bonchev–Trinajstić information content (AvgIpc) is 3.01. The van der Waals surface area contributed by atoms with Gasteiger partial charge in [0.2, 0.25) is 0 Å². The van der Waals surface area contributed by atoms with Crippen molar-refractivity contribution in [2.75, 3.05) is 26.7 Å². The molecule has 5 nitrogen and oxygen atoms in total. The van der Waals surface area contributed by atoms with Gasteiger partial charge in [-0.2, -0.15) is 0 Å². The number of aromatic nitrogens is 1. The highest BCUT2D eigenvalue weighted by atomic mass is 19.1. The Morgan fingerprint density at radius 1 is 1.19 bits per heavy atom. The number of piperidine rings is 1. The number of fused-ring (bicyclic) bond motifs is 4. The Balaban J connectivity index is 1.51. The summed E-state index contributed by atoms with van der Waals surface area (Å²) >= 11 is 0. The fourth-order valence-corrected chi connectivity index (χ4v) is 4.23. The molecule has 0 N–H and O–H groups in total. The van der Waals surface area contributed by atoms with Crippen LogP contribution in [0.3, 0.4) is 0 Å². The molecule has 0 spiro atoms. The standard InChI is InChI=1S/C21H24FN3O2/c1-27-19-4-5-20(22)17(10-19)13-24-11-15-2-3-18(24)14-25(12-15)21(26)16-6-8-23-9-7-16/h4-10,15,18H,2-3,11-14H2,1H3/t15-,18-/m1/s1. The Kier molecular flexibility index (Phi) is 5.07. The van der Waals surface area contributed by atoms with Crippen LogP contribution in [0.2, 0.25) is 0 Å². The molecule has 3 aliphatic heterocycles. The third kappa shape index (κ3) is 3.81. The van der Waals surface area contributed by atoms with E-state index in [1.807, 2.05) is 4.90 Å². The molecule has 2 bridgehead atoms. The number of hydrogen-bond acceptors (Lipinski definition) is 4. The molecule has 0 saturated carbocycles. The van der Waals surface area contributed by atoms with Gasteiger partial charge in [0, 0.05) is 55.7 Å². The van der Waals surface area contributed by atoms with E-state index in [0.29, 0.717) is 35.9 Å². The second-order valence-corrected chi connectivity index (χ2v) is 7.43. The summed E-state index contributed by atoms with van der Waals surface area (Å²) < 4.78 is 19.5. The second kappa shape index (κ2) is 7.64. The number of nitrogens with zero attached hydrogens (tertiary/aromatic N) is 3. The molecule has 3 aliphatic rings. The maximum atomic E-state index is 14.3. The van der Waals surface area contributed by atoms with Gasteiger partial charge in [-0.25, -0.2) is 4.39 Å². The van der Waals surface area contributed by atoms with E-state index in [1.165, 1.54) is 6.07 Å². The highest BCUT2D eigenvalue weighted by molar-refractivity contribution is 5.94. The predicted octanol–water partition coefficient (Wildman–Crippen LogP) is 2.97. The van der Waals surface area contributed by atoms with E-state index in [4.69, 9.17) is 4.74 Å². The molecule has 1 aromatic heterocycles. The third-order valence-corrected chi connectivity index (χ3v) is 5.67. The van der Waals surface area contributed by atoms with E-state index in [1.54, 1.807) is 43.8 Å². The summed E-state index contributed by atoms with van der Waals surface area (Å²) in [5.74, 6) is 0.938. The first-order chi connectivity index (χ1) is 13.1. The molecule has 5 rings (SSSR count). The second-order valence-electron chi connectivity index (χ2n) is 7.43. The Bertz CT molecular complexity index is 814. The van der Waals surface area contributed by atoms with E-state index in [0.717, 1.165) is 25.9 Å². The monoisotopic (exact) mass is 369 g/mol. The van der Waals surface area contributed by atoms with Gasteiger partial charge in [0.05, 0.1) is 7.11 Å². The van der Waals surface area contributed by atoms with Gasteiger partial charge in [0.15, 0.2) is 0 Å². The molecule has 3 fully saturated rings. The van der Waals surface area contributed by atoms with Crippen LogP contribution in [0.5, 0.6) is 5.75 Å². The van der Waals surface area contributed by atoms with Crippen molar-refractivity contribution in [3.8, 4) is 5.75 Å². The molecule has 27 heavy (non-hydrogen) atoms. The van der Waals surface area contributed by atoms with Crippen LogP contribution < -0.4 is 4.74 Å². The topological polar surface area (TPSA) is 45.7 Å². The number of pyridine rings is 1. The molecule has 2 aromatic rings. The van der Waals surface area contributed by atoms with Gasteiger partial charge in [0.1, 0.15) is 11.6 Å². The van der Waals surface area contributed by atoms with Crippen LogP contribution in [-0.4, -0.2) is 53.5 Å². The normalized spacial score (nSPS) is 22.5. The van der Waals surface area contributed by atoms with Crippen molar-refractivity contribution < 1.29 is 13.9 Å². The van der Waals surface area contributed by atoms with Crippen LogP contribution in [0.15, 0.2) is 42.7 Å². The summed E-state index contributed by atoms with van der Waals surface area (Å²) in [6.07, 6.45) is 5.45. The summed E-state index contributed by atoms with van der Waals surface area (Å²) in [6.45, 7) is 2.88. The first kappa shape index (κ1) is 17.9. The van der Waals surface area contributed by atoms with Crippen molar-refractivity contribution in [3.63, 3.8) is 0 Å². The van der Waals surface area contributed by atoms with Crippen LogP contribution >= 0.6 is 0 Å². The number of amides is 1. The SMILES string of the molecule is COc1ccc(F)c(CN2C[C@H]3CC[C@@H]2CN(C(=O)c2ccncc2)C3)c1. The summed E-state index contributed by atoms with van der Waals surface area (Å²) in [5.41, 5.74) is 1.32. The third-order valence-electron chi connectivity index (χ3n) is 5.67. The highest BCUT2D eigenvalue weighted by Gasteiger charge is 2.36. The lowest BCUT2D eigenvalue weighted by Gasteiger charge is -2.36. The Labute approximate surface area is 158 Å². The minimum absolute atomic E-state index is 0.0590. The molecule has 3 saturated heterocycles. The van der Waals surface area contributed by atoms with Crippen molar-refractivity contribution in [1.29, 1.82) is 0 Å². The minimum atomic E-state index is -0.208. The quantitative estimate of drug-likeness (QED) is 0.831. The number of rotatable bonds is 4. The molecule has 1 amide bonds. The fourth-order valence-electron chi connectivity index (χ4n) is 4.23. The van der Waals surface area contributed by atoms with Crippen LogP contribution in [0.1, 0.15) is 28.8 Å². The summed E-state index contributed by atoms with van der Waals surface area (Å²) in [4.78, 5) is 21.2. The lowest BCUT2D eigenvalue weighted by atomic mass is 9.94. The van der Waals surface area contributed by atoms with E-state index >= 15 is 0 Å². The smallest absolute Gasteiger partial charge is 0.254 e. The number of methoxy groups -OCH3 is 1. The molecule has 6 heteroatoms. The van der Waals surface area contributed by atoms with Gasteiger partial charge in [-0.15, -0.1) is 0 Å². The average molecular weight is 369 g/mol. The number of halogens is 1. The lowest BCUT2D eigenvalue weighted by molar-refractivity contribution is 0.0735. The van der Waals surface area contributed by atoms with Crippen molar-refractivity contribution in [2.24, 2.45) is 5.92 Å². The molecule has 0 aliphatic carbocycles. The lowest BCUT2D eigenvalue weighted by Crippen LogP contribution is -2.44. The van der Waals surface area contributed by atoms with Gasteiger partial charge in [-0.3, -0.25) is 14.7 Å². The van der Waals surface area contributed by atoms with Gasteiger partial charge >= 0.3 is 0 Å².